The SMILES string of the molecule is CC(CNC(=O)C1(N)CCCC1)C(=O)O. The molecule has 0 saturated heterocycles. The van der Waals surface area contributed by atoms with E-state index in [0.29, 0.717) is 12.8 Å². The average Bonchev–Trinajstić information content (AvgIpc) is 2.62. The quantitative estimate of drug-likeness (QED) is 0.618. The van der Waals surface area contributed by atoms with Crippen molar-refractivity contribution in [3.8, 4) is 0 Å². The van der Waals surface area contributed by atoms with Crippen molar-refractivity contribution < 1.29 is 14.7 Å². The van der Waals surface area contributed by atoms with Crippen LogP contribution in [0.15, 0.2) is 0 Å². The summed E-state index contributed by atoms with van der Waals surface area (Å²) in [7, 11) is 0. The molecule has 1 rings (SSSR count). The number of hydrogen-bond acceptors (Lipinski definition) is 3. The van der Waals surface area contributed by atoms with Crippen LogP contribution in [0, 0.1) is 5.92 Å². The van der Waals surface area contributed by atoms with E-state index in [0.717, 1.165) is 12.8 Å². The number of carbonyl (C=O) groups is 2. The van der Waals surface area contributed by atoms with Crippen LogP contribution < -0.4 is 11.1 Å². The van der Waals surface area contributed by atoms with Gasteiger partial charge >= 0.3 is 5.97 Å². The molecule has 1 aliphatic rings. The molecule has 86 valence electrons. The molecule has 1 aliphatic carbocycles. The van der Waals surface area contributed by atoms with Crippen molar-refractivity contribution >= 4 is 11.9 Å². The van der Waals surface area contributed by atoms with E-state index in [1.54, 1.807) is 6.92 Å². The molecule has 0 aromatic rings. The number of carboxylic acids is 1. The van der Waals surface area contributed by atoms with Crippen molar-refractivity contribution in [1.29, 1.82) is 0 Å². The molecule has 1 saturated carbocycles. The van der Waals surface area contributed by atoms with Gasteiger partial charge in [0.05, 0.1) is 11.5 Å². The first-order valence-electron chi connectivity index (χ1n) is 5.26. The van der Waals surface area contributed by atoms with Crippen molar-refractivity contribution in [3.05, 3.63) is 0 Å². The third kappa shape index (κ3) is 2.92. The van der Waals surface area contributed by atoms with Crippen LogP contribution in [0.1, 0.15) is 32.6 Å². The number of hydrogen-bond donors (Lipinski definition) is 3. The molecule has 5 nitrogen and oxygen atoms in total. The van der Waals surface area contributed by atoms with E-state index in [-0.39, 0.29) is 12.5 Å². The summed E-state index contributed by atoms with van der Waals surface area (Å²) >= 11 is 0. The molecule has 0 aromatic heterocycles. The van der Waals surface area contributed by atoms with Crippen molar-refractivity contribution in [2.24, 2.45) is 11.7 Å². The first kappa shape index (κ1) is 12.0. The lowest BCUT2D eigenvalue weighted by atomic mass is 9.98. The van der Waals surface area contributed by atoms with Gasteiger partial charge in [-0.05, 0) is 12.8 Å². The molecule has 0 aromatic carbocycles. The molecule has 5 heteroatoms. The molecule has 0 bridgehead atoms. The van der Waals surface area contributed by atoms with Crippen molar-refractivity contribution in [2.75, 3.05) is 6.54 Å². The molecule has 15 heavy (non-hydrogen) atoms. The van der Waals surface area contributed by atoms with Gasteiger partial charge in [0.1, 0.15) is 0 Å². The van der Waals surface area contributed by atoms with Gasteiger partial charge in [-0.3, -0.25) is 9.59 Å². The number of nitrogens with one attached hydrogen (secondary N) is 1. The number of carbonyl (C=O) groups excluding carboxylic acids is 1. The molecule has 0 spiro atoms. The largest absolute Gasteiger partial charge is 0.481 e. The Morgan fingerprint density at radius 3 is 2.47 bits per heavy atom. The number of nitrogens with two attached hydrogens (primary N) is 1. The van der Waals surface area contributed by atoms with E-state index in [4.69, 9.17) is 10.8 Å². The Kier molecular flexibility index (Phi) is 3.68. The van der Waals surface area contributed by atoms with Gasteiger partial charge in [0.15, 0.2) is 0 Å². The van der Waals surface area contributed by atoms with E-state index >= 15 is 0 Å². The Labute approximate surface area is 89.0 Å². The predicted octanol–water partition coefficient (Wildman–Crippen LogP) is 0.0948. The minimum absolute atomic E-state index is 0.146. The van der Waals surface area contributed by atoms with Crippen LogP contribution in [0.2, 0.25) is 0 Å². The van der Waals surface area contributed by atoms with Gasteiger partial charge in [0.25, 0.3) is 0 Å². The van der Waals surface area contributed by atoms with E-state index < -0.39 is 17.4 Å². The smallest absolute Gasteiger partial charge is 0.308 e. The summed E-state index contributed by atoms with van der Waals surface area (Å²) in [5, 5.41) is 11.2. The third-order valence-corrected chi connectivity index (χ3v) is 2.94. The second kappa shape index (κ2) is 4.61. The van der Waals surface area contributed by atoms with Gasteiger partial charge in [-0.1, -0.05) is 19.8 Å². The highest BCUT2D eigenvalue weighted by Gasteiger charge is 2.36. The lowest BCUT2D eigenvalue weighted by Gasteiger charge is -2.22. The van der Waals surface area contributed by atoms with Gasteiger partial charge in [-0.15, -0.1) is 0 Å². The van der Waals surface area contributed by atoms with Crippen LogP contribution >= 0.6 is 0 Å². The molecule has 0 aliphatic heterocycles. The first-order chi connectivity index (χ1) is 6.96. The number of carboxylic acid groups (broad SMARTS) is 1. The van der Waals surface area contributed by atoms with Crippen LogP contribution in [0.25, 0.3) is 0 Å². The van der Waals surface area contributed by atoms with Gasteiger partial charge in [-0.25, -0.2) is 0 Å². The maximum absolute atomic E-state index is 11.7. The monoisotopic (exact) mass is 214 g/mol. The second-order valence-corrected chi connectivity index (χ2v) is 4.31. The van der Waals surface area contributed by atoms with Gasteiger partial charge < -0.3 is 16.2 Å². The van der Waals surface area contributed by atoms with Crippen LogP contribution in [0.5, 0.6) is 0 Å². The lowest BCUT2D eigenvalue weighted by molar-refractivity contribution is -0.141. The van der Waals surface area contributed by atoms with Crippen molar-refractivity contribution in [2.45, 2.75) is 38.1 Å². The molecule has 0 radical (unpaired) electrons. The van der Waals surface area contributed by atoms with Gasteiger partial charge in [0, 0.05) is 6.54 Å². The van der Waals surface area contributed by atoms with Crippen molar-refractivity contribution in [1.82, 2.24) is 5.32 Å². The molecular formula is C10H18N2O3. The minimum Gasteiger partial charge on any atom is -0.481 e. The molecule has 1 fully saturated rings. The van der Waals surface area contributed by atoms with Crippen LogP contribution in [0.3, 0.4) is 0 Å². The highest BCUT2D eigenvalue weighted by molar-refractivity contribution is 5.86. The van der Waals surface area contributed by atoms with E-state index in [1.807, 2.05) is 0 Å². The maximum Gasteiger partial charge on any atom is 0.308 e. The zero-order chi connectivity index (χ0) is 11.5. The van der Waals surface area contributed by atoms with Crippen LogP contribution in [-0.4, -0.2) is 29.1 Å². The molecule has 1 atom stereocenters. The summed E-state index contributed by atoms with van der Waals surface area (Å²) in [6, 6.07) is 0. The number of aliphatic carboxylic acids is 1. The fourth-order valence-corrected chi connectivity index (χ4v) is 1.74. The minimum atomic E-state index is -0.909. The van der Waals surface area contributed by atoms with Gasteiger partial charge in [-0.2, -0.15) is 0 Å². The summed E-state index contributed by atoms with van der Waals surface area (Å²) in [6.45, 7) is 1.70. The fraction of sp³-hybridized carbons (Fsp3) is 0.800. The zero-order valence-corrected chi connectivity index (χ0v) is 8.95. The highest BCUT2D eigenvalue weighted by Crippen LogP contribution is 2.27. The summed E-state index contributed by atoms with van der Waals surface area (Å²) < 4.78 is 0. The Balaban J connectivity index is 2.39. The lowest BCUT2D eigenvalue weighted by Crippen LogP contribution is -2.52. The normalized spacial score (nSPS) is 20.9. The van der Waals surface area contributed by atoms with Crippen molar-refractivity contribution in [3.63, 3.8) is 0 Å². The first-order valence-corrected chi connectivity index (χ1v) is 5.26. The van der Waals surface area contributed by atoms with Crippen LogP contribution in [0.4, 0.5) is 0 Å². The summed E-state index contributed by atoms with van der Waals surface area (Å²) in [5.74, 6) is -1.69. The highest BCUT2D eigenvalue weighted by atomic mass is 16.4. The predicted molar refractivity (Wildman–Crippen MR) is 55.2 cm³/mol. The van der Waals surface area contributed by atoms with E-state index in [2.05, 4.69) is 5.32 Å². The van der Waals surface area contributed by atoms with Gasteiger partial charge in [0.2, 0.25) is 5.91 Å². The van der Waals surface area contributed by atoms with E-state index in [9.17, 15) is 9.59 Å². The summed E-state index contributed by atoms with van der Waals surface area (Å²) in [5.41, 5.74) is 5.14. The Hall–Kier alpha value is -1.10. The number of rotatable bonds is 4. The summed E-state index contributed by atoms with van der Waals surface area (Å²) in [4.78, 5) is 22.2. The average molecular weight is 214 g/mol. The Bertz CT molecular complexity index is 259. The van der Waals surface area contributed by atoms with E-state index in [1.165, 1.54) is 0 Å². The third-order valence-electron chi connectivity index (χ3n) is 2.94. The second-order valence-electron chi connectivity index (χ2n) is 4.31. The summed E-state index contributed by atoms with van der Waals surface area (Å²) in [6.07, 6.45) is 3.33. The molecule has 0 heterocycles. The maximum atomic E-state index is 11.7. The Morgan fingerprint density at radius 2 is 2.00 bits per heavy atom. The van der Waals surface area contributed by atoms with Crippen LogP contribution in [-0.2, 0) is 9.59 Å². The molecule has 4 N–H and O–H groups in total. The molecule has 1 amide bonds. The fourth-order valence-electron chi connectivity index (χ4n) is 1.74. The molecular weight excluding hydrogens is 196 g/mol. The standard InChI is InChI=1S/C10H18N2O3/c1-7(8(13)14)6-12-9(15)10(11)4-2-3-5-10/h7H,2-6,11H2,1H3,(H,12,15)(H,13,14). The topological polar surface area (TPSA) is 92.4 Å². The zero-order valence-electron chi connectivity index (χ0n) is 8.95. The number of amides is 1. The molecule has 1 unspecified atom stereocenters. The Morgan fingerprint density at radius 1 is 1.47 bits per heavy atom.